The second kappa shape index (κ2) is 8.21. The average molecular weight is 354 g/mol. The van der Waals surface area contributed by atoms with Crippen molar-refractivity contribution >= 4 is 35.0 Å². The van der Waals surface area contributed by atoms with Crippen LogP contribution in [-0.4, -0.2) is 17.6 Å². The van der Waals surface area contributed by atoms with Crippen molar-refractivity contribution in [3.63, 3.8) is 0 Å². The number of anilines is 2. The second-order valence-electron chi connectivity index (χ2n) is 6.20. The maximum atomic E-state index is 12.3. The Hall–Kier alpha value is -2.27. The van der Waals surface area contributed by atoms with E-state index in [4.69, 9.17) is 0 Å². The Morgan fingerprint density at radius 3 is 2.64 bits per heavy atom. The summed E-state index contributed by atoms with van der Waals surface area (Å²) in [4.78, 5) is 23.4. The van der Waals surface area contributed by atoms with Gasteiger partial charge in [0, 0.05) is 23.5 Å². The van der Waals surface area contributed by atoms with Crippen LogP contribution in [0.1, 0.15) is 36.1 Å². The first-order valence-electron chi connectivity index (χ1n) is 8.49. The van der Waals surface area contributed by atoms with Crippen molar-refractivity contribution in [2.75, 3.05) is 16.4 Å². The molecule has 25 heavy (non-hydrogen) atoms. The third-order valence-corrected chi connectivity index (χ3v) is 5.52. The number of rotatable bonds is 5. The van der Waals surface area contributed by atoms with Crippen molar-refractivity contribution in [3.8, 4) is 0 Å². The van der Waals surface area contributed by atoms with Gasteiger partial charge in [0.15, 0.2) is 0 Å². The minimum absolute atomic E-state index is 0.0203. The topological polar surface area (TPSA) is 58.2 Å². The summed E-state index contributed by atoms with van der Waals surface area (Å²) in [5.41, 5.74) is 4.16. The van der Waals surface area contributed by atoms with Gasteiger partial charge in [-0.3, -0.25) is 9.59 Å². The Kier molecular flexibility index (Phi) is 5.76. The lowest BCUT2D eigenvalue weighted by Gasteiger charge is -2.24. The molecule has 130 valence electrons. The Morgan fingerprint density at radius 2 is 1.84 bits per heavy atom. The zero-order valence-electron chi connectivity index (χ0n) is 14.2. The summed E-state index contributed by atoms with van der Waals surface area (Å²) in [5.74, 6) is 0.270. The zero-order valence-corrected chi connectivity index (χ0v) is 15.1. The predicted molar refractivity (Wildman–Crippen MR) is 104 cm³/mol. The highest BCUT2D eigenvalue weighted by Crippen LogP contribution is 2.39. The number of amides is 2. The number of carbonyl (C=O) groups excluding carboxylic acids is 2. The van der Waals surface area contributed by atoms with Crippen LogP contribution < -0.4 is 10.6 Å². The van der Waals surface area contributed by atoms with E-state index in [0.717, 1.165) is 12.8 Å². The fraction of sp³-hybridized carbons (Fsp3) is 0.300. The molecule has 0 radical (unpaired) electrons. The number of benzene rings is 2. The van der Waals surface area contributed by atoms with E-state index in [2.05, 4.69) is 34.9 Å². The molecule has 5 heteroatoms. The molecule has 1 unspecified atom stereocenters. The molecule has 1 aliphatic rings. The van der Waals surface area contributed by atoms with Gasteiger partial charge in [-0.25, -0.2) is 0 Å². The van der Waals surface area contributed by atoms with Crippen molar-refractivity contribution in [2.45, 2.75) is 31.4 Å². The summed E-state index contributed by atoms with van der Waals surface area (Å²) in [6, 6.07) is 15.7. The molecule has 0 saturated carbocycles. The lowest BCUT2D eigenvalue weighted by atomic mass is 9.91. The van der Waals surface area contributed by atoms with Gasteiger partial charge in [0.05, 0.1) is 5.75 Å². The fourth-order valence-electron chi connectivity index (χ4n) is 3.13. The molecule has 0 bridgehead atoms. The minimum Gasteiger partial charge on any atom is -0.326 e. The number of thioether (sulfide) groups is 1. The molecule has 2 N–H and O–H groups in total. The summed E-state index contributed by atoms with van der Waals surface area (Å²) >= 11 is 1.70. The van der Waals surface area contributed by atoms with Gasteiger partial charge in [0.1, 0.15) is 0 Å². The number of hydrogen-bond donors (Lipinski definition) is 2. The molecule has 0 aromatic heterocycles. The fourth-order valence-corrected chi connectivity index (χ4v) is 4.30. The van der Waals surface area contributed by atoms with E-state index in [-0.39, 0.29) is 11.8 Å². The van der Waals surface area contributed by atoms with E-state index in [1.807, 2.05) is 12.1 Å². The van der Waals surface area contributed by atoms with Crippen LogP contribution >= 0.6 is 11.8 Å². The average Bonchev–Trinajstić information content (AvgIpc) is 2.59. The van der Waals surface area contributed by atoms with Crippen LogP contribution in [0.25, 0.3) is 0 Å². The normalized spacial score (nSPS) is 16.0. The SMILES string of the molecule is CC(=O)Nc1cccc(NC(=O)CSC2CCCc3ccccc32)c1. The maximum absolute atomic E-state index is 12.3. The molecule has 1 aliphatic carbocycles. The van der Waals surface area contributed by atoms with E-state index >= 15 is 0 Å². The molecule has 2 amide bonds. The largest absolute Gasteiger partial charge is 0.326 e. The second-order valence-corrected chi connectivity index (χ2v) is 7.39. The van der Waals surface area contributed by atoms with Gasteiger partial charge in [-0.2, -0.15) is 0 Å². The van der Waals surface area contributed by atoms with E-state index in [9.17, 15) is 9.59 Å². The molecular formula is C20H22N2O2S. The van der Waals surface area contributed by atoms with E-state index in [1.165, 1.54) is 24.5 Å². The third kappa shape index (κ3) is 4.86. The number of aryl methyl sites for hydroxylation is 1. The highest BCUT2D eigenvalue weighted by atomic mass is 32.2. The van der Waals surface area contributed by atoms with E-state index < -0.39 is 0 Å². The van der Waals surface area contributed by atoms with Crippen LogP contribution in [0.4, 0.5) is 11.4 Å². The molecule has 0 fully saturated rings. The van der Waals surface area contributed by atoms with Crippen LogP contribution in [0.15, 0.2) is 48.5 Å². The van der Waals surface area contributed by atoms with Crippen LogP contribution in [0.2, 0.25) is 0 Å². The quantitative estimate of drug-likeness (QED) is 0.837. The molecule has 0 saturated heterocycles. The highest BCUT2D eigenvalue weighted by Gasteiger charge is 2.20. The summed E-state index contributed by atoms with van der Waals surface area (Å²) < 4.78 is 0. The first-order valence-corrected chi connectivity index (χ1v) is 9.53. The maximum Gasteiger partial charge on any atom is 0.234 e. The van der Waals surface area contributed by atoms with Crippen molar-refractivity contribution in [2.24, 2.45) is 0 Å². The number of hydrogen-bond acceptors (Lipinski definition) is 3. The summed E-state index contributed by atoms with van der Waals surface area (Å²) in [6.07, 6.45) is 3.43. The smallest absolute Gasteiger partial charge is 0.234 e. The molecule has 2 aromatic carbocycles. The summed E-state index contributed by atoms with van der Waals surface area (Å²) in [6.45, 7) is 1.46. The molecular weight excluding hydrogens is 332 g/mol. The molecule has 2 aromatic rings. The lowest BCUT2D eigenvalue weighted by molar-refractivity contribution is -0.114. The van der Waals surface area contributed by atoms with Gasteiger partial charge in [-0.1, -0.05) is 30.3 Å². The zero-order chi connectivity index (χ0) is 17.6. The minimum atomic E-state index is -0.130. The molecule has 0 heterocycles. The third-order valence-electron chi connectivity index (χ3n) is 4.20. The van der Waals surface area contributed by atoms with Crippen molar-refractivity contribution in [3.05, 3.63) is 59.7 Å². The molecule has 1 atom stereocenters. The van der Waals surface area contributed by atoms with Gasteiger partial charge in [-0.15, -0.1) is 11.8 Å². The Labute approximate surface area is 152 Å². The number of carbonyl (C=O) groups is 2. The first kappa shape index (κ1) is 17.5. The number of nitrogens with one attached hydrogen (secondary N) is 2. The van der Waals surface area contributed by atoms with Crippen molar-refractivity contribution in [1.82, 2.24) is 0 Å². The predicted octanol–water partition coefficient (Wildman–Crippen LogP) is 4.39. The van der Waals surface area contributed by atoms with Crippen LogP contribution in [-0.2, 0) is 16.0 Å². The molecule has 0 spiro atoms. The highest BCUT2D eigenvalue weighted by molar-refractivity contribution is 8.00. The molecule has 0 aliphatic heterocycles. The van der Waals surface area contributed by atoms with Crippen LogP contribution in [0, 0.1) is 0 Å². The van der Waals surface area contributed by atoms with Crippen molar-refractivity contribution in [1.29, 1.82) is 0 Å². The molecule has 3 rings (SSSR count). The monoisotopic (exact) mass is 354 g/mol. The van der Waals surface area contributed by atoms with Gasteiger partial charge < -0.3 is 10.6 Å². The Bertz CT molecular complexity index is 776. The Morgan fingerprint density at radius 1 is 1.08 bits per heavy atom. The van der Waals surface area contributed by atoms with Crippen LogP contribution in [0.3, 0.4) is 0 Å². The number of fused-ring (bicyclic) bond motifs is 1. The first-order chi connectivity index (χ1) is 12.1. The summed E-state index contributed by atoms with van der Waals surface area (Å²) in [7, 11) is 0. The van der Waals surface area contributed by atoms with Gasteiger partial charge in [0.2, 0.25) is 11.8 Å². The van der Waals surface area contributed by atoms with E-state index in [0.29, 0.717) is 22.4 Å². The summed E-state index contributed by atoms with van der Waals surface area (Å²) in [5, 5.41) is 6.02. The molecule has 4 nitrogen and oxygen atoms in total. The van der Waals surface area contributed by atoms with Gasteiger partial charge >= 0.3 is 0 Å². The van der Waals surface area contributed by atoms with Gasteiger partial charge in [0.25, 0.3) is 0 Å². The lowest BCUT2D eigenvalue weighted by Crippen LogP contribution is -2.16. The standard InChI is InChI=1S/C20H22N2O2S/c1-14(23)21-16-8-5-9-17(12-16)22-20(24)13-25-19-11-4-7-15-6-2-3-10-18(15)19/h2-3,5-6,8-10,12,19H,4,7,11,13H2,1H3,(H,21,23)(H,22,24). The van der Waals surface area contributed by atoms with Gasteiger partial charge in [-0.05, 0) is 48.6 Å². The van der Waals surface area contributed by atoms with Crippen molar-refractivity contribution < 1.29 is 9.59 Å². The Balaban J connectivity index is 1.56. The van der Waals surface area contributed by atoms with Crippen LogP contribution in [0.5, 0.6) is 0 Å². The van der Waals surface area contributed by atoms with E-state index in [1.54, 1.807) is 23.9 Å².